The topological polar surface area (TPSA) is 216 Å². The standard InChI is InChI=1S/C13H19NO5.C13H15N.C10H12S.2C9H15N.C8H13N.C8H8.C7H11N.C6H12S.C5H10S.C3H8S/c1-9(2)12(17)19-7-10(15)6-18-11(16)5-13(3,4)8-14;1-4-11-5-7-12(8-6-11)9-13(2,3)10-14;1-3-9-4-6-10(7-5-9)8-11-2;2*1-8(2)5-6-9(3,4)7-10;1-7(2)5-8(3,4)6-9;1-2-8-6-4-3-5-7-8;1-4-5-7(2,3)6-8;1-6(2)4-5-7-3;1-5(2)4-6-3;1-3-4-2/h10,15H,1,5-7H2,2-4H3;4-8H,1,9H2,2-3H3;3-7H,1,8H2,2H3;2*1,5-6H2,2-4H3;1,5H2,2-4H3;2-7H,1H2;4H,1,5H2,2-3H3;1,4-5H2,2-3H3;1,4H2,2-3H3;3H2,1-2H3. The van der Waals surface area contributed by atoms with Crippen LogP contribution in [0.2, 0.25) is 0 Å². The lowest BCUT2D eigenvalue weighted by Gasteiger charge is -2.15. The van der Waals surface area contributed by atoms with Gasteiger partial charge in [-0.1, -0.05) is 171 Å². The number of rotatable bonds is 30. The van der Waals surface area contributed by atoms with Gasteiger partial charge in [-0.2, -0.15) is 78.6 Å². The van der Waals surface area contributed by atoms with Crippen molar-refractivity contribution in [2.24, 2.45) is 32.5 Å². The number of thioether (sulfide) groups is 4. The number of aliphatic hydroxyl groups is 1. The Morgan fingerprint density at radius 2 is 0.830 bits per heavy atom. The van der Waals surface area contributed by atoms with Gasteiger partial charge in [-0.3, -0.25) is 4.79 Å². The van der Waals surface area contributed by atoms with Crippen molar-refractivity contribution in [3.05, 3.63) is 212 Å². The zero-order valence-corrected chi connectivity index (χ0v) is 73.2. The Labute approximate surface area is 666 Å². The summed E-state index contributed by atoms with van der Waals surface area (Å²) in [5.74, 6) is 3.44. The first-order valence-electron chi connectivity index (χ1n) is 35.1. The minimum absolute atomic E-state index is 0.0677. The highest BCUT2D eigenvalue weighted by atomic mass is 32.2. The second-order valence-electron chi connectivity index (χ2n) is 29.2. The molecule has 0 bridgehead atoms. The number of carbonyl (C=O) groups excluding carboxylic acids is 2. The molecule has 0 aromatic heterocycles. The van der Waals surface area contributed by atoms with Gasteiger partial charge in [0, 0.05) is 17.1 Å². The molecule has 3 rings (SSSR count). The van der Waals surface area contributed by atoms with Crippen LogP contribution in [0, 0.1) is 100 Å². The normalized spacial score (nSPS) is 10.2. The molecule has 0 aliphatic rings. The third kappa shape index (κ3) is 86.9. The smallest absolute Gasteiger partial charge is 0.333 e. The molecule has 1 N–H and O–H groups in total. The highest BCUT2D eigenvalue weighted by molar-refractivity contribution is 7.99. The van der Waals surface area contributed by atoms with Crippen LogP contribution >= 0.6 is 47.0 Å². The second kappa shape index (κ2) is 69.1. The summed E-state index contributed by atoms with van der Waals surface area (Å²) in [5, 5.41) is 61.3. The van der Waals surface area contributed by atoms with Crippen LogP contribution in [0.4, 0.5) is 0 Å². The van der Waals surface area contributed by atoms with Crippen molar-refractivity contribution >= 4 is 77.2 Å². The van der Waals surface area contributed by atoms with Crippen LogP contribution in [-0.4, -0.2) is 78.6 Å². The lowest BCUT2D eigenvalue weighted by atomic mass is 9.87. The van der Waals surface area contributed by atoms with Gasteiger partial charge >= 0.3 is 11.9 Å². The fourth-order valence-electron chi connectivity index (χ4n) is 6.70. The average molecular weight is 1520 g/mol. The molecule has 0 spiro atoms. The van der Waals surface area contributed by atoms with Gasteiger partial charge in [-0.25, -0.2) is 4.79 Å². The largest absolute Gasteiger partial charge is 0.463 e. The lowest BCUT2D eigenvalue weighted by molar-refractivity contribution is -0.151. The van der Waals surface area contributed by atoms with Gasteiger partial charge in [0.15, 0.2) is 0 Å². The Bertz CT molecular complexity index is 3220. The number of nitriles is 6. The van der Waals surface area contributed by atoms with E-state index in [0.717, 1.165) is 78.7 Å². The van der Waals surface area contributed by atoms with Crippen molar-refractivity contribution in [2.45, 2.75) is 201 Å². The van der Waals surface area contributed by atoms with Crippen LogP contribution < -0.4 is 0 Å². The Balaban J connectivity index is -0.000000170. The van der Waals surface area contributed by atoms with E-state index in [0.29, 0.717) is 0 Å². The second-order valence-corrected chi connectivity index (χ2v) is 33.1. The summed E-state index contributed by atoms with van der Waals surface area (Å²) in [7, 11) is 0. The number of esters is 2. The molecule has 106 heavy (non-hydrogen) atoms. The van der Waals surface area contributed by atoms with Crippen LogP contribution in [0.3, 0.4) is 0 Å². The monoisotopic (exact) mass is 1520 g/mol. The molecule has 0 saturated heterocycles. The summed E-state index contributed by atoms with van der Waals surface area (Å²) >= 11 is 7.38. The molecule has 0 saturated carbocycles. The van der Waals surface area contributed by atoms with Gasteiger partial charge in [0.2, 0.25) is 0 Å². The summed E-state index contributed by atoms with van der Waals surface area (Å²) < 4.78 is 9.47. The molecule has 1 unspecified atom stereocenters. The Morgan fingerprint density at radius 1 is 0.462 bits per heavy atom. The van der Waals surface area contributed by atoms with E-state index in [1.807, 2.05) is 211 Å². The predicted octanol–water partition coefficient (Wildman–Crippen LogP) is 25.9. The average Bonchev–Trinajstić information content (AvgIpc) is 0.880. The van der Waals surface area contributed by atoms with Crippen LogP contribution in [0.1, 0.15) is 211 Å². The molecule has 586 valence electrons. The summed E-state index contributed by atoms with van der Waals surface area (Å²) in [6.45, 7) is 72.4. The van der Waals surface area contributed by atoms with E-state index in [1.54, 1.807) is 19.9 Å². The van der Waals surface area contributed by atoms with Gasteiger partial charge in [-0.15, -0.1) is 32.9 Å². The predicted molar refractivity (Wildman–Crippen MR) is 472 cm³/mol. The number of allylic oxidation sites excluding steroid dienone is 5. The molecule has 3 aromatic carbocycles. The van der Waals surface area contributed by atoms with Crippen LogP contribution in [0.25, 0.3) is 18.2 Å². The maximum Gasteiger partial charge on any atom is 0.333 e. The molecular formula is C91H138N6O5S4. The fourth-order valence-corrected chi connectivity index (χ4v) is 8.27. The van der Waals surface area contributed by atoms with Crippen molar-refractivity contribution in [1.82, 2.24) is 0 Å². The molecule has 0 radical (unpaired) electrons. The number of hydrogen-bond donors (Lipinski definition) is 1. The number of hydrogen-bond acceptors (Lipinski definition) is 15. The van der Waals surface area contributed by atoms with Crippen molar-refractivity contribution in [2.75, 3.05) is 55.5 Å². The number of benzene rings is 3. The molecule has 0 amide bonds. The third-order valence-corrected chi connectivity index (χ3v) is 15.8. The Hall–Kier alpha value is -7.70. The van der Waals surface area contributed by atoms with Crippen LogP contribution in [-0.2, 0) is 31.2 Å². The quantitative estimate of drug-likeness (QED) is 0.0373. The first-order valence-corrected chi connectivity index (χ1v) is 40.7. The molecule has 0 fully saturated rings. The Kier molecular flexibility index (Phi) is 74.4. The fraction of sp³-hybridized carbons (Fsp3) is 0.495. The van der Waals surface area contributed by atoms with E-state index in [2.05, 4.69) is 176 Å². The van der Waals surface area contributed by atoms with Crippen molar-refractivity contribution in [3.63, 3.8) is 0 Å². The van der Waals surface area contributed by atoms with Crippen molar-refractivity contribution < 1.29 is 24.2 Å². The lowest BCUT2D eigenvalue weighted by Crippen LogP contribution is -2.27. The van der Waals surface area contributed by atoms with Gasteiger partial charge in [0.1, 0.15) is 19.3 Å². The van der Waals surface area contributed by atoms with E-state index >= 15 is 0 Å². The zero-order chi connectivity index (χ0) is 84.2. The number of aliphatic hydroxyl groups excluding tert-OH is 1. The highest BCUT2D eigenvalue weighted by Crippen LogP contribution is 2.26. The highest BCUT2D eigenvalue weighted by Gasteiger charge is 2.24. The SMILES string of the molecule is C=C(C)C(=O)OCC(O)COC(=O)CC(C)(C)C#N.C=C(C)CC(C)(C)C#N.C=C(C)CCC(C)(C)C#N.C=C(C)CCC(C)(C)C#N.C=C(C)CCSC.C=C(C)CSC.C=CCC(C)(C)C#N.C=Cc1ccc(CC(C)(C)C#N)cc1.C=Cc1ccc(CSC)cc1.C=Cc1ccccc1.CCSC. The van der Waals surface area contributed by atoms with Gasteiger partial charge < -0.3 is 14.6 Å². The van der Waals surface area contributed by atoms with Crippen molar-refractivity contribution in [3.8, 4) is 36.4 Å². The minimum atomic E-state index is -1.10. The van der Waals surface area contributed by atoms with Crippen LogP contribution in [0.15, 0.2) is 184 Å². The molecule has 15 heteroatoms. The minimum Gasteiger partial charge on any atom is -0.463 e. The van der Waals surface area contributed by atoms with E-state index in [1.165, 1.54) is 58.3 Å². The van der Waals surface area contributed by atoms with Gasteiger partial charge in [0.05, 0.1) is 75.3 Å². The van der Waals surface area contributed by atoms with E-state index in [-0.39, 0.29) is 52.3 Å². The summed E-state index contributed by atoms with van der Waals surface area (Å²) in [4.78, 5) is 22.4. The summed E-state index contributed by atoms with van der Waals surface area (Å²) in [5.41, 5.74) is 10.3. The van der Waals surface area contributed by atoms with Gasteiger partial charge in [-0.05, 0) is 240 Å². The summed E-state index contributed by atoms with van der Waals surface area (Å²) in [6.07, 6.45) is 21.8. The number of carbonyl (C=O) groups is 2. The number of ether oxygens (including phenoxy) is 2. The Morgan fingerprint density at radius 3 is 1.08 bits per heavy atom. The molecule has 0 aliphatic heterocycles. The van der Waals surface area contributed by atoms with Gasteiger partial charge in [0.25, 0.3) is 0 Å². The molecular weight excluding hydrogens is 1390 g/mol. The first kappa shape index (κ1) is 114. The maximum atomic E-state index is 11.4. The molecule has 3 aromatic rings. The van der Waals surface area contributed by atoms with E-state index < -0.39 is 23.5 Å². The summed E-state index contributed by atoms with van der Waals surface area (Å²) in [6, 6.07) is 39.8. The molecule has 0 aliphatic carbocycles. The molecule has 11 nitrogen and oxygen atoms in total. The van der Waals surface area contributed by atoms with E-state index in [4.69, 9.17) is 36.3 Å². The molecule has 1 atom stereocenters. The third-order valence-electron chi connectivity index (χ3n) is 13.2. The van der Waals surface area contributed by atoms with Crippen LogP contribution in [0.5, 0.6) is 0 Å². The zero-order valence-electron chi connectivity index (χ0n) is 70.0. The van der Waals surface area contributed by atoms with E-state index in [9.17, 15) is 14.7 Å². The maximum absolute atomic E-state index is 11.4. The molecule has 0 heterocycles. The number of nitrogens with zero attached hydrogens (tertiary/aromatic N) is 6. The first-order chi connectivity index (χ1) is 49.0. The van der Waals surface area contributed by atoms with Crippen molar-refractivity contribution in [1.29, 1.82) is 31.6 Å².